The Labute approximate surface area is 154 Å². The maximum atomic E-state index is 13.4. The van der Waals surface area contributed by atoms with Crippen molar-refractivity contribution in [3.05, 3.63) is 59.3 Å². The number of fused-ring (bicyclic) bond motifs is 1. The molecule has 1 heterocycles. The van der Waals surface area contributed by atoms with Crippen LogP contribution in [0.25, 0.3) is 10.9 Å². The molecule has 1 aromatic heterocycles. The van der Waals surface area contributed by atoms with Gasteiger partial charge < -0.3 is 15.6 Å². The first-order chi connectivity index (χ1) is 13.1. The highest BCUT2D eigenvalue weighted by molar-refractivity contribution is 6.44. The molecule has 28 heavy (non-hydrogen) atoms. The summed E-state index contributed by atoms with van der Waals surface area (Å²) in [6.45, 7) is 1.16. The van der Waals surface area contributed by atoms with Crippen LogP contribution in [-0.2, 0) is 15.8 Å². The van der Waals surface area contributed by atoms with Gasteiger partial charge in [0.25, 0.3) is 0 Å². The van der Waals surface area contributed by atoms with Crippen LogP contribution in [0.3, 0.4) is 0 Å². The van der Waals surface area contributed by atoms with Crippen LogP contribution in [0.5, 0.6) is 0 Å². The van der Waals surface area contributed by atoms with E-state index in [0.29, 0.717) is 0 Å². The third-order valence-electron chi connectivity index (χ3n) is 4.06. The molecule has 3 aromatic rings. The van der Waals surface area contributed by atoms with Crippen LogP contribution in [0.2, 0.25) is 0 Å². The van der Waals surface area contributed by atoms with Gasteiger partial charge in [-0.1, -0.05) is 6.07 Å². The number of halogens is 5. The number of benzene rings is 2. The minimum absolute atomic E-state index is 0.00909. The number of alkyl halides is 3. The van der Waals surface area contributed by atoms with E-state index in [2.05, 4.69) is 15.6 Å². The summed E-state index contributed by atoms with van der Waals surface area (Å²) < 4.78 is 65.4. The highest BCUT2D eigenvalue weighted by Crippen LogP contribution is 2.34. The second kappa shape index (κ2) is 6.95. The quantitative estimate of drug-likeness (QED) is 0.444. The molecule has 5 nitrogen and oxygen atoms in total. The van der Waals surface area contributed by atoms with Crippen LogP contribution in [-0.4, -0.2) is 16.8 Å². The number of carbonyl (C=O) groups is 2. The molecular formula is C18H12F5N3O2. The molecule has 146 valence electrons. The van der Waals surface area contributed by atoms with Crippen molar-refractivity contribution in [2.75, 3.05) is 10.6 Å². The summed E-state index contributed by atoms with van der Waals surface area (Å²) in [5.74, 6) is -4.65. The number of rotatable bonds is 2. The molecule has 3 N–H and O–H groups in total. The Balaban J connectivity index is 1.80. The van der Waals surface area contributed by atoms with Gasteiger partial charge in [-0.3, -0.25) is 9.59 Å². The summed E-state index contributed by atoms with van der Waals surface area (Å²) in [5, 5.41) is 4.43. The number of amides is 2. The molecule has 3 rings (SSSR count). The van der Waals surface area contributed by atoms with E-state index in [4.69, 9.17) is 0 Å². The third-order valence-corrected chi connectivity index (χ3v) is 4.06. The van der Waals surface area contributed by atoms with Crippen LogP contribution in [0.15, 0.2) is 36.5 Å². The number of nitrogens with one attached hydrogen (secondary N) is 3. The van der Waals surface area contributed by atoms with Crippen molar-refractivity contribution in [3.63, 3.8) is 0 Å². The number of aromatic nitrogens is 1. The molecule has 0 radical (unpaired) electrons. The number of aromatic amines is 1. The fourth-order valence-electron chi connectivity index (χ4n) is 2.66. The van der Waals surface area contributed by atoms with Crippen LogP contribution in [0, 0.1) is 18.6 Å². The van der Waals surface area contributed by atoms with Crippen molar-refractivity contribution >= 4 is 34.1 Å². The lowest BCUT2D eigenvalue weighted by Crippen LogP contribution is -2.29. The zero-order chi connectivity index (χ0) is 20.6. The zero-order valence-corrected chi connectivity index (χ0v) is 14.2. The maximum Gasteiger partial charge on any atom is 0.416 e. The van der Waals surface area contributed by atoms with Gasteiger partial charge in [0.1, 0.15) is 0 Å². The normalized spacial score (nSPS) is 11.5. The van der Waals surface area contributed by atoms with E-state index in [1.165, 1.54) is 12.3 Å². The van der Waals surface area contributed by atoms with Crippen molar-refractivity contribution in [3.8, 4) is 0 Å². The minimum atomic E-state index is -4.61. The fourth-order valence-corrected chi connectivity index (χ4v) is 2.66. The van der Waals surface area contributed by atoms with Gasteiger partial charge in [0.2, 0.25) is 0 Å². The van der Waals surface area contributed by atoms with Gasteiger partial charge in [-0.05, 0) is 30.7 Å². The summed E-state index contributed by atoms with van der Waals surface area (Å²) in [5.41, 5.74) is -1.18. The summed E-state index contributed by atoms with van der Waals surface area (Å²) in [7, 11) is 0. The minimum Gasteiger partial charge on any atom is -0.359 e. The molecule has 0 aliphatic carbocycles. The van der Waals surface area contributed by atoms with E-state index in [1.54, 1.807) is 0 Å². The van der Waals surface area contributed by atoms with Crippen molar-refractivity contribution in [2.45, 2.75) is 13.1 Å². The fraction of sp³-hybridized carbons (Fsp3) is 0.111. The van der Waals surface area contributed by atoms with Crippen molar-refractivity contribution < 1.29 is 31.5 Å². The molecule has 2 amide bonds. The lowest BCUT2D eigenvalue weighted by molar-refractivity contribution is -0.138. The van der Waals surface area contributed by atoms with Gasteiger partial charge in [0.05, 0.1) is 16.8 Å². The van der Waals surface area contributed by atoms with Crippen LogP contribution in [0.1, 0.15) is 11.1 Å². The van der Waals surface area contributed by atoms with E-state index >= 15 is 0 Å². The topological polar surface area (TPSA) is 74.0 Å². The Morgan fingerprint density at radius 3 is 2.21 bits per heavy atom. The van der Waals surface area contributed by atoms with E-state index < -0.39 is 35.2 Å². The van der Waals surface area contributed by atoms with Gasteiger partial charge in [0, 0.05) is 23.3 Å². The molecule has 0 saturated carbocycles. The highest BCUT2D eigenvalue weighted by atomic mass is 19.4. The van der Waals surface area contributed by atoms with Crippen molar-refractivity contribution in [2.24, 2.45) is 0 Å². The number of H-pyrrole nitrogens is 1. The number of carbonyl (C=O) groups excluding carboxylic acids is 2. The first-order valence-electron chi connectivity index (χ1n) is 7.83. The first kappa shape index (κ1) is 19.3. The largest absolute Gasteiger partial charge is 0.416 e. The summed E-state index contributed by atoms with van der Waals surface area (Å²) in [4.78, 5) is 26.7. The van der Waals surface area contributed by atoms with Crippen molar-refractivity contribution in [1.82, 2.24) is 4.98 Å². The Kier molecular flexibility index (Phi) is 4.80. The average molecular weight is 397 g/mol. The van der Waals surface area contributed by atoms with Gasteiger partial charge in [-0.15, -0.1) is 0 Å². The lowest BCUT2D eigenvalue weighted by atomic mass is 10.1. The summed E-state index contributed by atoms with van der Waals surface area (Å²) >= 11 is 0. The Bertz CT molecular complexity index is 1090. The van der Waals surface area contributed by atoms with E-state index in [1.807, 2.05) is 0 Å². The van der Waals surface area contributed by atoms with Gasteiger partial charge in [0.15, 0.2) is 11.6 Å². The van der Waals surface area contributed by atoms with Gasteiger partial charge in [-0.2, -0.15) is 13.2 Å². The SMILES string of the molecule is Cc1c(NC(=O)C(=O)Nc2c[nH]c3cc(F)c(F)cc23)cccc1C(F)(F)F. The second-order valence-corrected chi connectivity index (χ2v) is 5.90. The maximum absolute atomic E-state index is 13.4. The molecule has 0 aliphatic rings. The summed E-state index contributed by atoms with van der Waals surface area (Å²) in [6.07, 6.45) is -3.39. The zero-order valence-electron chi connectivity index (χ0n) is 14.2. The first-order valence-corrected chi connectivity index (χ1v) is 7.83. The molecule has 0 bridgehead atoms. The molecule has 2 aromatic carbocycles. The smallest absolute Gasteiger partial charge is 0.359 e. The van der Waals surface area contributed by atoms with Gasteiger partial charge in [-0.25, -0.2) is 8.78 Å². The highest BCUT2D eigenvalue weighted by Gasteiger charge is 2.33. The second-order valence-electron chi connectivity index (χ2n) is 5.90. The molecule has 0 atom stereocenters. The Hall–Kier alpha value is -3.43. The van der Waals surface area contributed by atoms with Gasteiger partial charge >= 0.3 is 18.0 Å². The number of anilines is 2. The molecular weight excluding hydrogens is 385 g/mol. The third kappa shape index (κ3) is 3.66. The standard InChI is InChI=1S/C18H12F5N3O2/c1-8-10(18(21,22)23)3-2-4-13(8)25-16(27)17(28)26-15-7-24-14-6-12(20)11(19)5-9(14)15/h2-7,24H,1H3,(H,25,27)(H,26,28). The van der Waals surface area contributed by atoms with Crippen LogP contribution < -0.4 is 10.6 Å². The van der Waals surface area contributed by atoms with Crippen LogP contribution >= 0.6 is 0 Å². The molecule has 0 fully saturated rings. The van der Waals surface area contributed by atoms with E-state index in [-0.39, 0.29) is 27.8 Å². The van der Waals surface area contributed by atoms with E-state index in [9.17, 15) is 31.5 Å². The Morgan fingerprint density at radius 2 is 1.57 bits per heavy atom. The lowest BCUT2D eigenvalue weighted by Gasteiger charge is -2.14. The van der Waals surface area contributed by atoms with E-state index in [0.717, 1.165) is 31.2 Å². The number of hydrogen-bond donors (Lipinski definition) is 3. The molecule has 0 unspecified atom stereocenters. The summed E-state index contributed by atoms with van der Waals surface area (Å²) in [6, 6.07) is 4.89. The predicted molar refractivity (Wildman–Crippen MR) is 91.7 cm³/mol. The predicted octanol–water partition coefficient (Wildman–Crippen LogP) is 4.35. The molecule has 0 spiro atoms. The monoisotopic (exact) mass is 397 g/mol. The molecule has 0 saturated heterocycles. The molecule has 0 aliphatic heterocycles. The molecule has 10 heteroatoms. The Morgan fingerprint density at radius 1 is 0.964 bits per heavy atom. The van der Waals surface area contributed by atoms with Crippen molar-refractivity contribution in [1.29, 1.82) is 0 Å². The van der Waals surface area contributed by atoms with Crippen LogP contribution in [0.4, 0.5) is 33.3 Å². The number of hydrogen-bond acceptors (Lipinski definition) is 2. The average Bonchev–Trinajstić information content (AvgIpc) is 2.97.